The second kappa shape index (κ2) is 4.26. The van der Waals surface area contributed by atoms with Crippen LogP contribution in [-0.4, -0.2) is 36.5 Å². The minimum absolute atomic E-state index is 0.0266. The van der Waals surface area contributed by atoms with Crippen LogP contribution in [0.25, 0.3) is 0 Å². The lowest BCUT2D eigenvalue weighted by atomic mass is 10.2. The average molecular weight is 168 g/mol. The third-order valence-electron chi connectivity index (χ3n) is 2.25. The number of piperazine rings is 1. The molecule has 0 saturated carbocycles. The number of hydrogen-bond donors (Lipinski definition) is 1. The molecule has 1 N–H and O–H groups in total. The Balaban J connectivity index is 2.40. The number of hydrogen-bond acceptors (Lipinski definition) is 2. The van der Waals surface area contributed by atoms with Crippen LogP contribution >= 0.6 is 0 Å². The van der Waals surface area contributed by atoms with Gasteiger partial charge in [0.2, 0.25) is 5.91 Å². The van der Waals surface area contributed by atoms with Gasteiger partial charge in [-0.25, -0.2) is 0 Å². The van der Waals surface area contributed by atoms with Crippen molar-refractivity contribution in [3.05, 3.63) is 12.7 Å². The third kappa shape index (κ3) is 2.08. The zero-order chi connectivity index (χ0) is 8.97. The van der Waals surface area contributed by atoms with Crippen molar-refractivity contribution in [1.29, 1.82) is 0 Å². The van der Waals surface area contributed by atoms with E-state index in [4.69, 9.17) is 0 Å². The smallest absolute Gasteiger partial charge is 0.237 e. The molecule has 0 aliphatic carbocycles. The lowest BCUT2D eigenvalue weighted by molar-refractivity contribution is -0.128. The van der Waals surface area contributed by atoms with Crippen LogP contribution in [0.3, 0.4) is 0 Å². The predicted octanol–water partition coefficient (Wildman–Crippen LogP) is 0.383. The molecule has 0 radical (unpaired) electrons. The lowest BCUT2D eigenvalue weighted by Gasteiger charge is -2.32. The number of carbonyl (C=O) groups excluding carboxylic acids is 1. The highest BCUT2D eigenvalue weighted by Crippen LogP contribution is 2.04. The topological polar surface area (TPSA) is 32.3 Å². The second-order valence-corrected chi connectivity index (χ2v) is 3.08. The van der Waals surface area contributed by atoms with E-state index in [1.807, 2.05) is 13.0 Å². The highest BCUT2D eigenvalue weighted by Gasteiger charge is 2.23. The van der Waals surface area contributed by atoms with E-state index in [9.17, 15) is 4.79 Å². The van der Waals surface area contributed by atoms with Gasteiger partial charge < -0.3 is 5.32 Å². The van der Waals surface area contributed by atoms with Crippen molar-refractivity contribution in [3.63, 3.8) is 0 Å². The van der Waals surface area contributed by atoms with Crippen molar-refractivity contribution in [2.75, 3.05) is 19.6 Å². The number of carbonyl (C=O) groups is 1. The van der Waals surface area contributed by atoms with Crippen molar-refractivity contribution in [1.82, 2.24) is 10.2 Å². The Morgan fingerprint density at radius 2 is 2.58 bits per heavy atom. The zero-order valence-electron chi connectivity index (χ0n) is 7.55. The Morgan fingerprint density at radius 3 is 3.25 bits per heavy atom. The van der Waals surface area contributed by atoms with Gasteiger partial charge in [-0.05, 0) is 13.3 Å². The summed E-state index contributed by atoms with van der Waals surface area (Å²) in [5.74, 6) is 0.144. The average Bonchev–Trinajstić information content (AvgIpc) is 2.08. The number of amides is 1. The van der Waals surface area contributed by atoms with Gasteiger partial charge in [-0.1, -0.05) is 6.08 Å². The molecule has 0 aromatic heterocycles. The minimum atomic E-state index is 0.0266. The molecule has 1 amide bonds. The van der Waals surface area contributed by atoms with Gasteiger partial charge in [0.1, 0.15) is 0 Å². The first-order valence-corrected chi connectivity index (χ1v) is 4.38. The number of nitrogens with zero attached hydrogens (tertiary/aromatic N) is 1. The molecule has 1 unspecified atom stereocenters. The summed E-state index contributed by atoms with van der Waals surface area (Å²) < 4.78 is 0. The zero-order valence-corrected chi connectivity index (χ0v) is 7.55. The fraction of sp³-hybridized carbons (Fsp3) is 0.667. The summed E-state index contributed by atoms with van der Waals surface area (Å²) in [5, 5.41) is 2.83. The molecule has 1 aliphatic rings. The molecule has 1 saturated heterocycles. The van der Waals surface area contributed by atoms with E-state index in [2.05, 4.69) is 16.8 Å². The molecule has 1 fully saturated rings. The first-order valence-electron chi connectivity index (χ1n) is 4.38. The Morgan fingerprint density at radius 1 is 1.83 bits per heavy atom. The van der Waals surface area contributed by atoms with Crippen LogP contribution in [0.4, 0.5) is 0 Å². The van der Waals surface area contributed by atoms with Crippen LogP contribution in [0.2, 0.25) is 0 Å². The van der Waals surface area contributed by atoms with Crippen molar-refractivity contribution >= 4 is 5.91 Å². The molecule has 1 aliphatic heterocycles. The van der Waals surface area contributed by atoms with Gasteiger partial charge in [-0.3, -0.25) is 9.69 Å². The summed E-state index contributed by atoms with van der Waals surface area (Å²) in [6.45, 7) is 8.28. The number of rotatable bonds is 3. The van der Waals surface area contributed by atoms with Crippen LogP contribution in [0, 0.1) is 0 Å². The molecule has 1 heterocycles. The fourth-order valence-electron chi connectivity index (χ4n) is 1.39. The van der Waals surface area contributed by atoms with E-state index in [-0.39, 0.29) is 11.9 Å². The first kappa shape index (κ1) is 9.26. The van der Waals surface area contributed by atoms with Crippen LogP contribution in [0.1, 0.15) is 13.3 Å². The summed E-state index contributed by atoms with van der Waals surface area (Å²) >= 11 is 0. The van der Waals surface area contributed by atoms with Crippen molar-refractivity contribution in [2.24, 2.45) is 0 Å². The maximum Gasteiger partial charge on any atom is 0.237 e. The maximum atomic E-state index is 11.2. The molecular weight excluding hydrogens is 152 g/mol. The van der Waals surface area contributed by atoms with E-state index in [1.165, 1.54) is 0 Å². The molecule has 1 atom stereocenters. The molecule has 0 bridgehead atoms. The Hall–Kier alpha value is -0.830. The van der Waals surface area contributed by atoms with Gasteiger partial charge in [0, 0.05) is 19.6 Å². The monoisotopic (exact) mass is 168 g/mol. The second-order valence-electron chi connectivity index (χ2n) is 3.08. The SMILES string of the molecule is C=CCCN1CCNC(=O)C1C. The predicted molar refractivity (Wildman–Crippen MR) is 48.9 cm³/mol. The lowest BCUT2D eigenvalue weighted by Crippen LogP contribution is -2.53. The van der Waals surface area contributed by atoms with Gasteiger partial charge in [0.15, 0.2) is 0 Å². The van der Waals surface area contributed by atoms with Gasteiger partial charge in [-0.15, -0.1) is 6.58 Å². The largest absolute Gasteiger partial charge is 0.353 e. The highest BCUT2D eigenvalue weighted by atomic mass is 16.2. The van der Waals surface area contributed by atoms with E-state index < -0.39 is 0 Å². The van der Waals surface area contributed by atoms with E-state index in [0.717, 1.165) is 26.1 Å². The van der Waals surface area contributed by atoms with Crippen LogP contribution in [0.5, 0.6) is 0 Å². The third-order valence-corrected chi connectivity index (χ3v) is 2.25. The standard InChI is InChI=1S/C9H16N2O/c1-3-4-6-11-7-5-10-9(12)8(11)2/h3,8H,1,4-7H2,2H3,(H,10,12). The molecule has 1 rings (SSSR count). The van der Waals surface area contributed by atoms with Crippen LogP contribution in [0.15, 0.2) is 12.7 Å². The summed E-state index contributed by atoms with van der Waals surface area (Å²) in [6.07, 6.45) is 2.84. The molecule has 3 nitrogen and oxygen atoms in total. The van der Waals surface area contributed by atoms with Crippen molar-refractivity contribution in [3.8, 4) is 0 Å². The fourth-order valence-corrected chi connectivity index (χ4v) is 1.39. The van der Waals surface area contributed by atoms with Crippen LogP contribution in [-0.2, 0) is 4.79 Å². The molecule has 0 aromatic rings. The summed E-state index contributed by atoms with van der Waals surface area (Å²) in [4.78, 5) is 13.4. The maximum absolute atomic E-state index is 11.2. The van der Waals surface area contributed by atoms with E-state index >= 15 is 0 Å². The van der Waals surface area contributed by atoms with Crippen LogP contribution < -0.4 is 5.32 Å². The molecule has 12 heavy (non-hydrogen) atoms. The number of nitrogens with one attached hydrogen (secondary N) is 1. The molecule has 68 valence electrons. The van der Waals surface area contributed by atoms with E-state index in [0.29, 0.717) is 0 Å². The van der Waals surface area contributed by atoms with Gasteiger partial charge in [-0.2, -0.15) is 0 Å². The summed E-state index contributed by atoms with van der Waals surface area (Å²) in [6, 6.07) is 0.0266. The molecular formula is C9H16N2O. The van der Waals surface area contributed by atoms with Gasteiger partial charge in [0.25, 0.3) is 0 Å². The molecule has 3 heteroatoms. The van der Waals surface area contributed by atoms with Gasteiger partial charge >= 0.3 is 0 Å². The Kier molecular flexibility index (Phi) is 3.29. The quantitative estimate of drug-likeness (QED) is 0.618. The summed E-state index contributed by atoms with van der Waals surface area (Å²) in [7, 11) is 0. The summed E-state index contributed by atoms with van der Waals surface area (Å²) in [5.41, 5.74) is 0. The normalized spacial score (nSPS) is 25.1. The Bertz CT molecular complexity index is 179. The van der Waals surface area contributed by atoms with Crippen molar-refractivity contribution < 1.29 is 4.79 Å². The van der Waals surface area contributed by atoms with E-state index in [1.54, 1.807) is 0 Å². The first-order chi connectivity index (χ1) is 5.75. The van der Waals surface area contributed by atoms with Crippen molar-refractivity contribution in [2.45, 2.75) is 19.4 Å². The molecule has 0 spiro atoms. The van der Waals surface area contributed by atoms with Gasteiger partial charge in [0.05, 0.1) is 6.04 Å². The minimum Gasteiger partial charge on any atom is -0.353 e. The molecule has 0 aromatic carbocycles. The Labute approximate surface area is 73.4 Å². The highest BCUT2D eigenvalue weighted by molar-refractivity contribution is 5.81.